The van der Waals surface area contributed by atoms with E-state index in [-0.39, 0.29) is 26.0 Å². The molecule has 0 amide bonds. The van der Waals surface area contributed by atoms with Gasteiger partial charge in [0, 0.05) is 33.7 Å². The van der Waals surface area contributed by atoms with Crippen molar-refractivity contribution in [2.45, 2.75) is 87.3 Å². The van der Waals surface area contributed by atoms with Crippen molar-refractivity contribution in [1.29, 1.82) is 0 Å². The van der Waals surface area contributed by atoms with E-state index < -0.39 is 25.5 Å². The summed E-state index contributed by atoms with van der Waals surface area (Å²) in [5.74, 6) is 6.83. The fourth-order valence-electron chi connectivity index (χ4n) is 8.61. The van der Waals surface area contributed by atoms with E-state index in [1.165, 1.54) is 66.1 Å². The first-order valence-electron chi connectivity index (χ1n) is 22.9. The van der Waals surface area contributed by atoms with E-state index in [9.17, 15) is 0 Å². The van der Waals surface area contributed by atoms with Crippen LogP contribution >= 0.6 is 11.3 Å². The van der Waals surface area contributed by atoms with Crippen molar-refractivity contribution < 1.29 is 24.2 Å². The molecule has 305 valence electrons. The second kappa shape index (κ2) is 19.2. The molecule has 10 rings (SSSR count). The van der Waals surface area contributed by atoms with E-state index >= 15 is 0 Å². The Balaban J connectivity index is 0.000000201. The van der Waals surface area contributed by atoms with Gasteiger partial charge in [-0.3, -0.25) is 0 Å². The molecule has 5 heteroatoms. The largest absolute Gasteiger partial charge is 0 e. The van der Waals surface area contributed by atoms with Crippen LogP contribution in [0.25, 0.3) is 64.9 Å². The quantitative estimate of drug-likeness (QED) is 0.112. The molecule has 3 aromatic heterocycles. The van der Waals surface area contributed by atoms with Gasteiger partial charge in [0.05, 0.1) is 0 Å². The predicted molar refractivity (Wildman–Crippen MR) is 255 cm³/mol. The van der Waals surface area contributed by atoms with Gasteiger partial charge >= 0.3 is 132 Å². The molecule has 5 aromatic carbocycles. The summed E-state index contributed by atoms with van der Waals surface area (Å²) < 4.78 is 30.4. The van der Waals surface area contributed by atoms with Crippen LogP contribution in [0.15, 0.2) is 140 Å². The Hall–Kier alpha value is -4.19. The molecule has 0 bridgehead atoms. The Morgan fingerprint density at radius 3 is 2.08 bits per heavy atom. The molecule has 0 N–H and O–H groups in total. The summed E-state index contributed by atoms with van der Waals surface area (Å²) in [7, 11) is 0. The minimum Gasteiger partial charge on any atom is 0 e. The SMILES string of the molecule is [2H]C([2H])(c1ccnc(-c2[c-]cc3sc4cc(-c5ccc(-c6ccccc6)cc5)ccc4c3c2)c1)C1CCCCC1.[2H]C1(c2cc[c-]c(-c3cc[c]([Ge]([CH3])([CH3])[CH3])cn3)c2)CCCC1.[Ir]. The topological polar surface area (TPSA) is 25.8 Å². The fourth-order valence-corrected chi connectivity index (χ4v) is 11.9. The second-order valence-electron chi connectivity index (χ2n) is 17.3. The van der Waals surface area contributed by atoms with Gasteiger partial charge in [-0.1, -0.05) is 116 Å². The average Bonchev–Trinajstić information content (AvgIpc) is 3.93. The Kier molecular flexibility index (Phi) is 12.4. The van der Waals surface area contributed by atoms with Crippen molar-refractivity contribution in [2.75, 3.05) is 0 Å². The van der Waals surface area contributed by atoms with Crippen molar-refractivity contribution in [3.05, 3.63) is 163 Å². The van der Waals surface area contributed by atoms with Crippen molar-refractivity contribution in [1.82, 2.24) is 9.97 Å². The molecule has 2 fully saturated rings. The zero-order chi connectivity index (χ0) is 42.9. The molecule has 2 aliphatic carbocycles. The van der Waals surface area contributed by atoms with Gasteiger partial charge in [0.15, 0.2) is 0 Å². The van der Waals surface area contributed by atoms with Crippen LogP contribution < -0.4 is 4.40 Å². The van der Waals surface area contributed by atoms with E-state index in [0.29, 0.717) is 0 Å². The van der Waals surface area contributed by atoms with Gasteiger partial charge in [-0.25, -0.2) is 0 Å². The van der Waals surface area contributed by atoms with Gasteiger partial charge < -0.3 is 4.98 Å². The maximum atomic E-state index is 8.91. The normalized spacial score (nSPS) is 16.3. The van der Waals surface area contributed by atoms with Gasteiger partial charge in [-0.05, 0) is 62.5 Å². The molecular weight excluding hydrogens is 986 g/mol. The van der Waals surface area contributed by atoms with Crippen LogP contribution in [0.1, 0.15) is 78.9 Å². The van der Waals surface area contributed by atoms with Crippen LogP contribution in [0.4, 0.5) is 0 Å². The number of hydrogen-bond acceptors (Lipinski definition) is 3. The number of benzene rings is 5. The number of aromatic nitrogens is 2. The van der Waals surface area contributed by atoms with E-state index in [1.807, 2.05) is 30.5 Å². The Labute approximate surface area is 381 Å². The first-order valence-corrected chi connectivity index (χ1v) is 29.6. The summed E-state index contributed by atoms with van der Waals surface area (Å²) in [4.78, 5) is 9.29. The van der Waals surface area contributed by atoms with Crippen LogP contribution in [0.3, 0.4) is 0 Å². The van der Waals surface area contributed by atoms with Crippen molar-refractivity contribution in [3.8, 4) is 44.8 Å². The third kappa shape index (κ3) is 9.95. The van der Waals surface area contributed by atoms with Crippen molar-refractivity contribution in [3.63, 3.8) is 0 Å². The summed E-state index contributed by atoms with van der Waals surface area (Å²) in [5.41, 5.74) is 10.4. The number of hydrogen-bond donors (Lipinski definition) is 0. The molecule has 60 heavy (non-hydrogen) atoms. The smallest absolute Gasteiger partial charge is 0 e. The zero-order valence-corrected chi connectivity index (χ0v) is 40.2. The average molecular weight is 1040 g/mol. The number of nitrogens with zero attached hydrogens (tertiary/aromatic N) is 2. The van der Waals surface area contributed by atoms with Crippen LogP contribution in [0, 0.1) is 18.1 Å². The van der Waals surface area contributed by atoms with E-state index in [0.717, 1.165) is 72.2 Å². The number of rotatable bonds is 8. The molecule has 1 radical (unpaired) electrons. The Morgan fingerprint density at radius 1 is 0.650 bits per heavy atom. The van der Waals surface area contributed by atoms with Crippen LogP contribution in [0.2, 0.25) is 17.3 Å². The molecule has 0 saturated heterocycles. The molecule has 0 unspecified atom stereocenters. The summed E-state index contributed by atoms with van der Waals surface area (Å²) in [6.07, 6.45) is 12.1. The summed E-state index contributed by atoms with van der Waals surface area (Å²) >= 11 is -0.0125. The number of fused-ring (bicyclic) bond motifs is 3. The van der Waals surface area contributed by atoms with Crippen molar-refractivity contribution in [2.24, 2.45) is 5.92 Å². The number of pyridine rings is 2. The molecule has 0 aliphatic heterocycles. The summed E-state index contributed by atoms with van der Waals surface area (Å²) in [6.45, 7) is 0. The maximum absolute atomic E-state index is 8.91. The molecular formula is C55H54GeIrN2S-2. The van der Waals surface area contributed by atoms with Crippen LogP contribution in [-0.4, -0.2) is 23.2 Å². The third-order valence-electron chi connectivity index (χ3n) is 12.1. The minimum atomic E-state index is -1.80. The molecule has 2 aliphatic rings. The summed E-state index contributed by atoms with van der Waals surface area (Å²) in [5, 5.41) is 2.43. The molecule has 8 aromatic rings. The van der Waals surface area contributed by atoms with Gasteiger partial charge in [0.2, 0.25) is 0 Å². The van der Waals surface area contributed by atoms with Crippen LogP contribution in [0.5, 0.6) is 0 Å². The first kappa shape index (κ1) is 38.7. The molecule has 0 spiro atoms. The van der Waals surface area contributed by atoms with E-state index in [4.69, 9.17) is 4.11 Å². The number of thiophene rings is 1. The molecule has 0 atom stereocenters. The third-order valence-corrected chi connectivity index (χ3v) is 17.4. The fraction of sp³-hybridized carbons (Fsp3) is 0.273. The maximum Gasteiger partial charge on any atom is 0 e. The Morgan fingerprint density at radius 2 is 1.35 bits per heavy atom. The molecule has 2 nitrogen and oxygen atoms in total. The van der Waals surface area contributed by atoms with E-state index in [1.54, 1.807) is 17.5 Å². The van der Waals surface area contributed by atoms with Gasteiger partial charge in [0.25, 0.3) is 0 Å². The second-order valence-corrected chi connectivity index (χ2v) is 29.0. The minimum absolute atomic E-state index is 0. The molecule has 3 heterocycles. The molecule has 2 saturated carbocycles. The predicted octanol–water partition coefficient (Wildman–Crippen LogP) is 15.1. The van der Waals surface area contributed by atoms with Gasteiger partial charge in [-0.15, -0.1) is 23.8 Å². The van der Waals surface area contributed by atoms with Crippen molar-refractivity contribution >= 4 is 49.2 Å². The van der Waals surface area contributed by atoms with Gasteiger partial charge in [0.1, 0.15) is 0 Å². The summed E-state index contributed by atoms with van der Waals surface area (Å²) in [6, 6.07) is 51.2. The van der Waals surface area contributed by atoms with E-state index in [2.05, 4.69) is 142 Å². The monoisotopic (exact) mass is 1040 g/mol. The standard InChI is InChI=1S/C36H30NS.C19H24GeN.Ir/c1-3-7-25(8-4-1)21-26-19-20-37-34(22-26)31-16-18-35-33(23-31)32-17-15-30(24-36(32)38-35)29-13-11-28(12-14-29)27-9-5-2-6-10-27;1-20(2,3)18-11-12-19(21-14-18)17-10-6-9-16(13-17)15-7-4-5-8-15;/h2,5-6,9-15,17-20,22-25H,1,3-4,7-8,21H2;6,9,11-15H,4-5,7-8H2,1-3H3;/q2*-1;/i21D2;15D;. The van der Waals surface area contributed by atoms with Crippen LogP contribution in [-0.2, 0) is 26.5 Å². The first-order chi connectivity index (χ1) is 29.9. The van der Waals surface area contributed by atoms with Gasteiger partial charge in [-0.2, -0.15) is 11.3 Å². The Bertz CT molecular complexity index is 2810. The zero-order valence-electron chi connectivity index (χ0n) is 37.9.